The van der Waals surface area contributed by atoms with Crippen LogP contribution in [0, 0.1) is 0 Å². The molecule has 1 aromatic heterocycles. The molecule has 0 aliphatic carbocycles. The molecule has 0 unspecified atom stereocenters. The molecule has 1 aromatic carbocycles. The number of anilines is 2. The first-order chi connectivity index (χ1) is 8.81. The molecule has 2 N–H and O–H groups in total. The largest absolute Gasteiger partial charge is 0.384 e. The topological polar surface area (TPSA) is 66.9 Å². The van der Waals surface area contributed by atoms with Crippen molar-refractivity contribution >= 4 is 28.1 Å². The third-order valence-electron chi connectivity index (χ3n) is 2.34. The minimum atomic E-state index is -0.153. The zero-order chi connectivity index (χ0) is 12.8. The molecule has 0 radical (unpaired) electrons. The van der Waals surface area contributed by atoms with Gasteiger partial charge in [-0.2, -0.15) is 0 Å². The number of rotatable bonds is 5. The first kappa shape index (κ1) is 12.5. The smallest absolute Gasteiger partial charge is 0.258 e. The molecule has 6 heteroatoms. The SMILES string of the molecule is CCCNc1ccccc1C(=O)Nc1cnns1. The Morgan fingerprint density at radius 2 is 2.22 bits per heavy atom. The van der Waals surface area contributed by atoms with Crippen molar-refractivity contribution in [2.75, 3.05) is 17.2 Å². The zero-order valence-electron chi connectivity index (χ0n) is 10.0. The van der Waals surface area contributed by atoms with Crippen LogP contribution in [0.25, 0.3) is 0 Å². The van der Waals surface area contributed by atoms with Gasteiger partial charge >= 0.3 is 0 Å². The molecule has 1 heterocycles. The molecule has 0 spiro atoms. The number of nitrogens with zero attached hydrogens (tertiary/aromatic N) is 2. The number of hydrogen-bond acceptors (Lipinski definition) is 5. The van der Waals surface area contributed by atoms with E-state index in [1.807, 2.05) is 18.2 Å². The summed E-state index contributed by atoms with van der Waals surface area (Å²) in [5.74, 6) is -0.153. The summed E-state index contributed by atoms with van der Waals surface area (Å²) in [6.45, 7) is 2.92. The highest BCUT2D eigenvalue weighted by Crippen LogP contribution is 2.18. The molecule has 0 saturated carbocycles. The van der Waals surface area contributed by atoms with Crippen LogP contribution >= 0.6 is 11.5 Å². The van der Waals surface area contributed by atoms with E-state index in [0.29, 0.717) is 10.6 Å². The third-order valence-corrected chi connectivity index (χ3v) is 2.92. The van der Waals surface area contributed by atoms with Gasteiger partial charge < -0.3 is 10.6 Å². The Kier molecular flexibility index (Phi) is 4.25. The summed E-state index contributed by atoms with van der Waals surface area (Å²) in [7, 11) is 0. The molecular weight excluding hydrogens is 248 g/mol. The maximum Gasteiger partial charge on any atom is 0.258 e. The Labute approximate surface area is 109 Å². The second-order valence-electron chi connectivity index (χ2n) is 3.71. The molecule has 94 valence electrons. The highest BCUT2D eigenvalue weighted by Gasteiger charge is 2.11. The van der Waals surface area contributed by atoms with E-state index >= 15 is 0 Å². The number of benzene rings is 1. The van der Waals surface area contributed by atoms with Crippen molar-refractivity contribution < 1.29 is 4.79 Å². The number of hydrogen-bond donors (Lipinski definition) is 2. The zero-order valence-corrected chi connectivity index (χ0v) is 10.8. The predicted molar refractivity (Wildman–Crippen MR) is 73.1 cm³/mol. The van der Waals surface area contributed by atoms with Crippen LogP contribution in [0.4, 0.5) is 10.7 Å². The Morgan fingerprint density at radius 3 is 2.94 bits per heavy atom. The van der Waals surface area contributed by atoms with E-state index < -0.39 is 0 Å². The van der Waals surface area contributed by atoms with E-state index in [9.17, 15) is 4.79 Å². The van der Waals surface area contributed by atoms with Gasteiger partial charge in [0.2, 0.25) is 0 Å². The van der Waals surface area contributed by atoms with Crippen molar-refractivity contribution in [3.63, 3.8) is 0 Å². The first-order valence-electron chi connectivity index (χ1n) is 5.73. The van der Waals surface area contributed by atoms with Crippen molar-refractivity contribution in [1.82, 2.24) is 9.59 Å². The van der Waals surface area contributed by atoms with Gasteiger partial charge in [-0.1, -0.05) is 23.5 Å². The molecular formula is C12H14N4OS. The van der Waals surface area contributed by atoms with Gasteiger partial charge in [0.05, 0.1) is 11.8 Å². The fourth-order valence-electron chi connectivity index (χ4n) is 1.50. The van der Waals surface area contributed by atoms with Crippen LogP contribution in [0.1, 0.15) is 23.7 Å². The molecule has 18 heavy (non-hydrogen) atoms. The summed E-state index contributed by atoms with van der Waals surface area (Å²) in [5.41, 5.74) is 1.47. The lowest BCUT2D eigenvalue weighted by molar-refractivity contribution is 0.102. The highest BCUT2D eigenvalue weighted by atomic mass is 32.1. The highest BCUT2D eigenvalue weighted by molar-refractivity contribution is 7.10. The van der Waals surface area contributed by atoms with E-state index in [-0.39, 0.29) is 5.91 Å². The Morgan fingerprint density at radius 1 is 1.39 bits per heavy atom. The molecule has 5 nitrogen and oxygen atoms in total. The van der Waals surface area contributed by atoms with Gasteiger partial charge in [-0.25, -0.2) is 0 Å². The monoisotopic (exact) mass is 262 g/mol. The average Bonchev–Trinajstić information content (AvgIpc) is 2.89. The Bertz CT molecular complexity index is 513. The van der Waals surface area contributed by atoms with Gasteiger partial charge in [0.25, 0.3) is 5.91 Å². The van der Waals surface area contributed by atoms with E-state index in [1.54, 1.807) is 6.07 Å². The fraction of sp³-hybridized carbons (Fsp3) is 0.250. The van der Waals surface area contributed by atoms with Crippen LogP contribution in [-0.4, -0.2) is 22.0 Å². The number of para-hydroxylation sites is 1. The Hall–Kier alpha value is -1.95. The second kappa shape index (κ2) is 6.11. The molecule has 0 aliphatic rings. The van der Waals surface area contributed by atoms with Crippen molar-refractivity contribution in [2.45, 2.75) is 13.3 Å². The molecule has 0 fully saturated rings. The lowest BCUT2D eigenvalue weighted by Gasteiger charge is -2.10. The summed E-state index contributed by atoms with van der Waals surface area (Å²) < 4.78 is 3.70. The van der Waals surface area contributed by atoms with Gasteiger partial charge in [0.15, 0.2) is 0 Å². The average molecular weight is 262 g/mol. The Balaban J connectivity index is 2.13. The van der Waals surface area contributed by atoms with Crippen molar-refractivity contribution in [2.24, 2.45) is 0 Å². The van der Waals surface area contributed by atoms with Crippen molar-refractivity contribution in [3.8, 4) is 0 Å². The van der Waals surface area contributed by atoms with Gasteiger partial charge in [-0.15, -0.1) is 5.10 Å². The van der Waals surface area contributed by atoms with E-state index in [2.05, 4.69) is 27.1 Å². The van der Waals surface area contributed by atoms with Crippen LogP contribution in [0.3, 0.4) is 0 Å². The maximum atomic E-state index is 12.1. The number of aromatic nitrogens is 2. The number of carbonyl (C=O) groups is 1. The quantitative estimate of drug-likeness (QED) is 0.869. The fourth-order valence-corrected chi connectivity index (χ4v) is 1.91. The van der Waals surface area contributed by atoms with Crippen LogP contribution in [0.15, 0.2) is 30.5 Å². The second-order valence-corrected chi connectivity index (χ2v) is 4.49. The van der Waals surface area contributed by atoms with E-state index in [1.165, 1.54) is 6.20 Å². The number of carbonyl (C=O) groups excluding carboxylic acids is 1. The molecule has 0 aliphatic heterocycles. The number of nitrogens with one attached hydrogen (secondary N) is 2. The van der Waals surface area contributed by atoms with Crippen LogP contribution in [-0.2, 0) is 0 Å². The molecule has 0 bridgehead atoms. The minimum Gasteiger partial charge on any atom is -0.384 e. The third kappa shape index (κ3) is 3.04. The normalized spacial score (nSPS) is 10.1. The van der Waals surface area contributed by atoms with Gasteiger partial charge in [0, 0.05) is 23.8 Å². The van der Waals surface area contributed by atoms with Crippen LogP contribution < -0.4 is 10.6 Å². The lowest BCUT2D eigenvalue weighted by Crippen LogP contribution is -2.14. The summed E-state index contributed by atoms with van der Waals surface area (Å²) >= 11 is 1.16. The molecule has 1 amide bonds. The molecule has 2 aromatic rings. The molecule has 0 atom stereocenters. The lowest BCUT2D eigenvalue weighted by atomic mass is 10.1. The standard InChI is InChI=1S/C12H14N4OS/c1-2-7-13-10-6-4-3-5-9(10)12(17)15-11-8-14-16-18-11/h3-6,8,13H,2,7H2,1H3,(H,15,17). The summed E-state index contributed by atoms with van der Waals surface area (Å²) in [6, 6.07) is 7.44. The van der Waals surface area contributed by atoms with E-state index in [4.69, 9.17) is 0 Å². The van der Waals surface area contributed by atoms with Crippen LogP contribution in [0.5, 0.6) is 0 Å². The predicted octanol–water partition coefficient (Wildman–Crippen LogP) is 2.61. The van der Waals surface area contributed by atoms with Crippen molar-refractivity contribution in [3.05, 3.63) is 36.0 Å². The molecule has 0 saturated heterocycles. The van der Waals surface area contributed by atoms with Crippen molar-refractivity contribution in [1.29, 1.82) is 0 Å². The maximum absolute atomic E-state index is 12.1. The minimum absolute atomic E-state index is 0.153. The first-order valence-corrected chi connectivity index (χ1v) is 6.50. The number of amides is 1. The van der Waals surface area contributed by atoms with Gasteiger partial charge in [-0.3, -0.25) is 4.79 Å². The summed E-state index contributed by atoms with van der Waals surface area (Å²) in [4.78, 5) is 12.1. The van der Waals surface area contributed by atoms with Crippen LogP contribution in [0.2, 0.25) is 0 Å². The molecule has 2 rings (SSSR count). The van der Waals surface area contributed by atoms with Gasteiger partial charge in [0.1, 0.15) is 5.00 Å². The summed E-state index contributed by atoms with van der Waals surface area (Å²) in [6.07, 6.45) is 2.54. The van der Waals surface area contributed by atoms with E-state index in [0.717, 1.165) is 30.2 Å². The van der Waals surface area contributed by atoms with Gasteiger partial charge in [-0.05, 0) is 18.6 Å². The summed E-state index contributed by atoms with van der Waals surface area (Å²) in [5, 5.41) is 10.3.